The third kappa shape index (κ3) is 6.82. The van der Waals surface area contributed by atoms with Gasteiger partial charge >= 0.3 is 0 Å². The van der Waals surface area contributed by atoms with Crippen molar-refractivity contribution in [1.29, 1.82) is 0 Å². The Balaban J connectivity index is 1.27. The van der Waals surface area contributed by atoms with E-state index in [1.807, 2.05) is 18.2 Å². The molecule has 2 atom stereocenters. The average molecular weight is 774 g/mol. The zero-order chi connectivity index (χ0) is 40.0. The first-order valence-corrected chi connectivity index (χ1v) is 22.9. The van der Waals surface area contributed by atoms with E-state index in [1.165, 1.54) is 49.5 Å². The van der Waals surface area contributed by atoms with Gasteiger partial charge in [-0.25, -0.2) is 8.42 Å². The van der Waals surface area contributed by atoms with Crippen LogP contribution in [-0.4, -0.2) is 21.0 Å². The Bertz CT molecular complexity index is 2550. The van der Waals surface area contributed by atoms with Crippen molar-refractivity contribution < 1.29 is 8.42 Å². The number of anilines is 1. The molecule has 5 aromatic carbocycles. The van der Waals surface area contributed by atoms with Crippen LogP contribution >= 0.6 is 0 Å². The number of fused-ring (bicyclic) bond motifs is 6. The van der Waals surface area contributed by atoms with Gasteiger partial charge in [0.2, 0.25) is 9.84 Å². The lowest BCUT2D eigenvalue weighted by Gasteiger charge is -2.33. The number of allylic oxidation sites excluding steroid dienone is 6. The number of nitrogens with zero attached hydrogens (tertiary/aromatic N) is 1. The average Bonchev–Trinajstić information content (AvgIpc) is 3.58. The predicted octanol–water partition coefficient (Wildman–Crippen LogP) is 13.8. The highest BCUT2D eigenvalue weighted by Crippen LogP contribution is 2.55. The van der Waals surface area contributed by atoms with Crippen LogP contribution in [0.15, 0.2) is 154 Å². The van der Waals surface area contributed by atoms with E-state index in [0.717, 1.165) is 69.1 Å². The minimum atomic E-state index is -3.81. The molecule has 0 saturated heterocycles. The number of benzene rings is 5. The Kier molecular flexibility index (Phi) is 10.7. The first-order chi connectivity index (χ1) is 27.5. The van der Waals surface area contributed by atoms with Gasteiger partial charge in [-0.05, 0) is 99.7 Å². The van der Waals surface area contributed by atoms with Crippen LogP contribution in [0.2, 0.25) is 0 Å². The molecule has 2 unspecified atom stereocenters. The first-order valence-electron chi connectivity index (χ1n) is 21.4. The predicted molar refractivity (Wildman–Crippen MR) is 242 cm³/mol. The van der Waals surface area contributed by atoms with Crippen molar-refractivity contribution >= 4 is 37.1 Å². The normalized spacial score (nSPS) is 21.7. The van der Waals surface area contributed by atoms with Gasteiger partial charge in [-0.2, -0.15) is 0 Å². The highest BCUT2D eigenvalue weighted by atomic mass is 32.2. The fourth-order valence-corrected chi connectivity index (χ4v) is 12.3. The molecule has 0 aromatic heterocycles. The Morgan fingerprint density at radius 1 is 0.719 bits per heavy atom. The van der Waals surface area contributed by atoms with Gasteiger partial charge in [-0.15, -0.1) is 0 Å². The van der Waals surface area contributed by atoms with Gasteiger partial charge in [-0.3, -0.25) is 0 Å². The molecule has 3 nitrogen and oxygen atoms in total. The summed E-state index contributed by atoms with van der Waals surface area (Å²) in [6.45, 7) is 15.0. The molecule has 57 heavy (non-hydrogen) atoms. The molecule has 8 rings (SSSR count). The van der Waals surface area contributed by atoms with Crippen LogP contribution in [-0.2, 0) is 20.7 Å². The molecule has 0 fully saturated rings. The second kappa shape index (κ2) is 15.6. The summed E-state index contributed by atoms with van der Waals surface area (Å²) in [5.74, 6) is 0.300. The van der Waals surface area contributed by atoms with Gasteiger partial charge in [0.15, 0.2) is 0 Å². The third-order valence-electron chi connectivity index (χ3n) is 13.3. The lowest BCUT2D eigenvalue weighted by molar-refractivity contribution is 0.473. The summed E-state index contributed by atoms with van der Waals surface area (Å²) in [5.41, 5.74) is 8.39. The maximum atomic E-state index is 15.0. The number of rotatable bonds is 11. The van der Waals surface area contributed by atoms with E-state index in [2.05, 4.69) is 144 Å². The lowest BCUT2D eigenvalue weighted by Crippen LogP contribution is -2.40. The second-order valence-corrected chi connectivity index (χ2v) is 19.5. The molecular weight excluding hydrogens is 715 g/mol. The highest BCUT2D eigenvalue weighted by molar-refractivity contribution is 7.95. The van der Waals surface area contributed by atoms with Crippen molar-refractivity contribution in [2.75, 3.05) is 11.4 Å². The summed E-state index contributed by atoms with van der Waals surface area (Å²) >= 11 is 0. The van der Waals surface area contributed by atoms with Gasteiger partial charge in [0, 0.05) is 29.0 Å². The van der Waals surface area contributed by atoms with Gasteiger partial charge in [0.1, 0.15) is 0 Å². The van der Waals surface area contributed by atoms with Crippen LogP contribution in [0.25, 0.3) is 21.5 Å². The Hall–Kier alpha value is -4.67. The number of unbranched alkanes of at least 4 members (excludes halogenated alkanes) is 2. The molecule has 0 bridgehead atoms. The quantitative estimate of drug-likeness (QED) is 0.134. The van der Waals surface area contributed by atoms with E-state index in [0.29, 0.717) is 15.7 Å². The minimum absolute atomic E-state index is 0.0847. The molecule has 1 heterocycles. The summed E-state index contributed by atoms with van der Waals surface area (Å²) in [6.07, 6.45) is 17.0. The maximum absolute atomic E-state index is 15.0. The third-order valence-corrected chi connectivity index (χ3v) is 15.3. The zero-order valence-electron chi connectivity index (χ0n) is 34.8. The molecule has 5 aromatic rings. The second-order valence-electron chi connectivity index (χ2n) is 17.7. The Morgan fingerprint density at radius 3 is 2.07 bits per heavy atom. The molecular formula is C53H59NO2S. The van der Waals surface area contributed by atoms with Gasteiger partial charge in [-0.1, -0.05) is 176 Å². The van der Waals surface area contributed by atoms with Crippen LogP contribution in [0.5, 0.6) is 0 Å². The Labute approximate surface area is 341 Å². The summed E-state index contributed by atoms with van der Waals surface area (Å²) in [7, 11) is -3.81. The van der Waals surface area contributed by atoms with Crippen molar-refractivity contribution in [2.24, 2.45) is 0 Å². The monoisotopic (exact) mass is 773 g/mol. The molecule has 3 aliphatic rings. The highest BCUT2D eigenvalue weighted by Gasteiger charge is 2.45. The van der Waals surface area contributed by atoms with Crippen LogP contribution in [0.3, 0.4) is 0 Å². The van der Waals surface area contributed by atoms with E-state index < -0.39 is 9.84 Å². The number of hydrogen-bond acceptors (Lipinski definition) is 3. The number of sulfone groups is 1. The van der Waals surface area contributed by atoms with Crippen molar-refractivity contribution in [3.63, 3.8) is 0 Å². The van der Waals surface area contributed by atoms with Crippen LogP contribution in [0, 0.1) is 0 Å². The molecule has 0 saturated carbocycles. The summed E-state index contributed by atoms with van der Waals surface area (Å²) in [6, 6.07) is 35.9. The lowest BCUT2D eigenvalue weighted by atomic mass is 9.78. The van der Waals surface area contributed by atoms with Gasteiger partial charge in [0.05, 0.1) is 15.8 Å². The molecule has 294 valence electrons. The molecule has 0 amide bonds. The zero-order valence-corrected chi connectivity index (χ0v) is 35.6. The number of hydrogen-bond donors (Lipinski definition) is 0. The minimum Gasteiger partial charge on any atom is -0.364 e. The van der Waals surface area contributed by atoms with Gasteiger partial charge in [0.25, 0.3) is 0 Å². The first kappa shape index (κ1) is 39.2. The van der Waals surface area contributed by atoms with Gasteiger partial charge < -0.3 is 4.90 Å². The van der Waals surface area contributed by atoms with Crippen LogP contribution in [0.1, 0.15) is 116 Å². The topological polar surface area (TPSA) is 37.4 Å². The molecule has 0 N–H and O–H groups in total. The summed E-state index contributed by atoms with van der Waals surface area (Å²) in [4.78, 5) is 3.44. The van der Waals surface area contributed by atoms with Crippen LogP contribution < -0.4 is 4.90 Å². The van der Waals surface area contributed by atoms with E-state index >= 15 is 0 Å². The van der Waals surface area contributed by atoms with Crippen molar-refractivity contribution in [1.82, 2.24) is 0 Å². The summed E-state index contributed by atoms with van der Waals surface area (Å²) in [5, 5.41) is 5.17. The van der Waals surface area contributed by atoms with Crippen molar-refractivity contribution in [2.45, 2.75) is 121 Å². The largest absolute Gasteiger partial charge is 0.364 e. The fraction of sp³-hybridized carbons (Fsp3) is 0.358. The van der Waals surface area contributed by atoms with E-state index in [4.69, 9.17) is 0 Å². The smallest absolute Gasteiger partial charge is 0.207 e. The fourth-order valence-electron chi connectivity index (χ4n) is 10.5. The Morgan fingerprint density at radius 2 is 1.37 bits per heavy atom. The van der Waals surface area contributed by atoms with Crippen LogP contribution in [0.4, 0.5) is 5.69 Å². The molecule has 2 aliphatic carbocycles. The van der Waals surface area contributed by atoms with E-state index in [-0.39, 0.29) is 16.9 Å². The van der Waals surface area contributed by atoms with E-state index in [9.17, 15) is 8.42 Å². The van der Waals surface area contributed by atoms with Crippen molar-refractivity contribution in [3.05, 3.63) is 166 Å². The molecule has 0 spiro atoms. The van der Waals surface area contributed by atoms with E-state index in [1.54, 1.807) is 12.1 Å². The van der Waals surface area contributed by atoms with Crippen molar-refractivity contribution in [3.8, 4) is 0 Å². The molecule has 0 radical (unpaired) electrons. The maximum Gasteiger partial charge on any atom is 0.207 e. The molecule has 1 aliphatic heterocycles. The SMILES string of the molecule is CCCCC1C(=CC=C2CCCC(C=CC3N(CCCC)c4ccc5ccccc5c4C3(C)C)=C2S(=O)(=O)c2ccccc2)C(C)(C)c2c1ccc1ccccc21. The molecule has 4 heteroatoms. The standard InChI is InChI=1S/C53H59NO2S/c1-7-9-25-44-45-32-28-37-19-14-16-26-42(37)49(45)52(3,4)46(44)33-29-39-21-18-22-40(51(39)57(55,56)41-23-12-11-13-24-41)31-35-48-53(5,6)50-43-27-17-15-20-38(43)30-34-47(50)54(48)36-10-8-2/h11-17,19-20,23-24,26-35,44,48H,7-10,18,21-22,25,36H2,1-6H3. The summed E-state index contributed by atoms with van der Waals surface area (Å²) < 4.78 is 29.9.